The average molecular weight is 239 g/mol. The van der Waals surface area contributed by atoms with Crippen LogP contribution in [0.5, 0.6) is 0 Å². The fourth-order valence-electron chi connectivity index (χ4n) is 2.76. The lowest BCUT2D eigenvalue weighted by atomic mass is 9.94. The van der Waals surface area contributed by atoms with E-state index in [-0.39, 0.29) is 17.9 Å². The van der Waals surface area contributed by atoms with Crippen LogP contribution in [0.4, 0.5) is 0 Å². The summed E-state index contributed by atoms with van der Waals surface area (Å²) in [5, 5.41) is 2.74. The number of amides is 2. The molecule has 2 atom stereocenters. The van der Waals surface area contributed by atoms with E-state index in [1.54, 1.807) is 0 Å². The Hall–Kier alpha value is -1.10. The maximum absolute atomic E-state index is 12.2. The maximum atomic E-state index is 12.2. The molecule has 2 heterocycles. The molecule has 3 N–H and O–H groups in total. The van der Waals surface area contributed by atoms with E-state index >= 15 is 0 Å². The predicted octanol–water partition coefficient (Wildman–Crippen LogP) is -0.148. The first-order chi connectivity index (χ1) is 8.20. The molecule has 2 fully saturated rings. The minimum atomic E-state index is -0.279. The van der Waals surface area contributed by atoms with Crippen molar-refractivity contribution in [3.63, 3.8) is 0 Å². The molecule has 5 nitrogen and oxygen atoms in total. The number of rotatable bonds is 3. The van der Waals surface area contributed by atoms with Crippen molar-refractivity contribution in [2.75, 3.05) is 19.6 Å². The van der Waals surface area contributed by atoms with Crippen LogP contribution in [0.3, 0.4) is 0 Å². The molecule has 0 bridgehead atoms. The zero-order valence-electron chi connectivity index (χ0n) is 10.2. The van der Waals surface area contributed by atoms with Crippen LogP contribution in [0, 0.1) is 5.92 Å². The summed E-state index contributed by atoms with van der Waals surface area (Å²) >= 11 is 0. The smallest absolute Gasteiger partial charge is 0.245 e. The number of nitrogens with zero attached hydrogens (tertiary/aromatic N) is 1. The highest BCUT2D eigenvalue weighted by Crippen LogP contribution is 2.21. The summed E-state index contributed by atoms with van der Waals surface area (Å²) < 4.78 is 0. The predicted molar refractivity (Wildman–Crippen MR) is 64.1 cm³/mol. The van der Waals surface area contributed by atoms with E-state index in [2.05, 4.69) is 5.32 Å². The Morgan fingerprint density at radius 2 is 2.29 bits per heavy atom. The third-order valence-electron chi connectivity index (χ3n) is 3.70. The normalized spacial score (nSPS) is 29.2. The fraction of sp³-hybridized carbons (Fsp3) is 0.833. The van der Waals surface area contributed by atoms with Crippen LogP contribution >= 0.6 is 0 Å². The van der Waals surface area contributed by atoms with Crippen molar-refractivity contribution in [3.05, 3.63) is 0 Å². The van der Waals surface area contributed by atoms with Crippen LogP contribution in [0.2, 0.25) is 0 Å². The van der Waals surface area contributed by atoms with Gasteiger partial charge >= 0.3 is 0 Å². The zero-order chi connectivity index (χ0) is 12.3. The quantitative estimate of drug-likeness (QED) is 0.719. The molecule has 17 heavy (non-hydrogen) atoms. The van der Waals surface area contributed by atoms with Gasteiger partial charge in [0, 0.05) is 19.5 Å². The molecule has 5 heteroatoms. The molecule has 2 rings (SSSR count). The van der Waals surface area contributed by atoms with Gasteiger partial charge in [0.1, 0.15) is 6.04 Å². The van der Waals surface area contributed by atoms with Crippen molar-refractivity contribution in [2.45, 2.75) is 38.1 Å². The molecule has 0 aromatic rings. The molecule has 2 saturated heterocycles. The highest BCUT2D eigenvalue weighted by Gasteiger charge is 2.32. The van der Waals surface area contributed by atoms with Gasteiger partial charge in [0.25, 0.3) is 0 Å². The van der Waals surface area contributed by atoms with Crippen molar-refractivity contribution < 1.29 is 9.59 Å². The first-order valence-corrected chi connectivity index (χ1v) is 6.49. The number of nitrogens with two attached hydrogens (primary N) is 1. The van der Waals surface area contributed by atoms with Crippen LogP contribution in [0.25, 0.3) is 0 Å². The minimum absolute atomic E-state index is 0.00105. The van der Waals surface area contributed by atoms with Crippen LogP contribution in [-0.2, 0) is 9.59 Å². The van der Waals surface area contributed by atoms with Crippen molar-refractivity contribution in [1.82, 2.24) is 10.2 Å². The van der Waals surface area contributed by atoms with Gasteiger partial charge in [0.15, 0.2) is 0 Å². The molecular weight excluding hydrogens is 218 g/mol. The molecule has 2 amide bonds. The standard InChI is InChI=1S/C12H21N3O2/c13-6-5-9-2-1-7-15(8-9)12(17)10-3-4-11(16)14-10/h9-10H,1-8,13H2,(H,14,16)/t9?,10-/m1/s1. The minimum Gasteiger partial charge on any atom is -0.344 e. The van der Waals surface area contributed by atoms with Gasteiger partial charge in [-0.2, -0.15) is 0 Å². The number of hydrogen-bond donors (Lipinski definition) is 2. The van der Waals surface area contributed by atoms with Gasteiger partial charge in [0.05, 0.1) is 0 Å². The van der Waals surface area contributed by atoms with Gasteiger partial charge in [0.2, 0.25) is 11.8 Å². The number of piperidine rings is 1. The summed E-state index contributed by atoms with van der Waals surface area (Å²) in [7, 11) is 0. The molecular formula is C12H21N3O2. The van der Waals surface area contributed by atoms with E-state index in [1.807, 2.05) is 4.90 Å². The number of carbonyl (C=O) groups excluding carboxylic acids is 2. The lowest BCUT2D eigenvalue weighted by Crippen LogP contribution is -2.48. The number of nitrogens with one attached hydrogen (secondary N) is 1. The summed E-state index contributed by atoms with van der Waals surface area (Å²) in [5.74, 6) is 0.631. The second-order valence-electron chi connectivity index (χ2n) is 5.03. The van der Waals surface area contributed by atoms with Crippen LogP contribution in [0.15, 0.2) is 0 Å². The summed E-state index contributed by atoms with van der Waals surface area (Å²) in [4.78, 5) is 25.2. The van der Waals surface area contributed by atoms with Gasteiger partial charge in [-0.3, -0.25) is 9.59 Å². The van der Waals surface area contributed by atoms with Crippen molar-refractivity contribution in [2.24, 2.45) is 11.7 Å². The molecule has 2 aliphatic rings. The Kier molecular flexibility index (Phi) is 3.99. The number of likely N-dealkylation sites (tertiary alicyclic amines) is 1. The third kappa shape index (κ3) is 2.97. The molecule has 0 saturated carbocycles. The monoisotopic (exact) mass is 239 g/mol. The molecule has 96 valence electrons. The highest BCUT2D eigenvalue weighted by atomic mass is 16.2. The van der Waals surface area contributed by atoms with Crippen LogP contribution in [-0.4, -0.2) is 42.4 Å². The highest BCUT2D eigenvalue weighted by molar-refractivity contribution is 5.90. The SMILES string of the molecule is NCCC1CCCN(C(=O)[C@H]2CCC(=O)N2)C1. The van der Waals surface area contributed by atoms with Gasteiger partial charge in [-0.25, -0.2) is 0 Å². The van der Waals surface area contributed by atoms with E-state index in [0.29, 0.717) is 25.3 Å². The van der Waals surface area contributed by atoms with Crippen molar-refractivity contribution in [1.29, 1.82) is 0 Å². The molecule has 0 aromatic heterocycles. The summed E-state index contributed by atoms with van der Waals surface area (Å²) in [6.45, 7) is 2.32. The lowest BCUT2D eigenvalue weighted by molar-refractivity contribution is -0.136. The van der Waals surface area contributed by atoms with Gasteiger partial charge in [-0.1, -0.05) is 0 Å². The molecule has 0 spiro atoms. The van der Waals surface area contributed by atoms with E-state index in [0.717, 1.165) is 32.4 Å². The van der Waals surface area contributed by atoms with E-state index < -0.39 is 0 Å². The Balaban J connectivity index is 1.88. The Labute approximate surface area is 102 Å². The molecule has 0 aliphatic carbocycles. The number of carbonyl (C=O) groups is 2. The molecule has 0 aromatic carbocycles. The Morgan fingerprint density at radius 1 is 1.47 bits per heavy atom. The Morgan fingerprint density at radius 3 is 2.94 bits per heavy atom. The topological polar surface area (TPSA) is 75.4 Å². The largest absolute Gasteiger partial charge is 0.344 e. The van der Waals surface area contributed by atoms with E-state index in [9.17, 15) is 9.59 Å². The molecule has 2 aliphatic heterocycles. The van der Waals surface area contributed by atoms with Crippen LogP contribution in [0.1, 0.15) is 32.1 Å². The first kappa shape index (κ1) is 12.4. The summed E-state index contributed by atoms with van der Waals surface area (Å²) in [6.07, 6.45) is 4.34. The second kappa shape index (κ2) is 5.49. The van der Waals surface area contributed by atoms with Crippen molar-refractivity contribution >= 4 is 11.8 Å². The summed E-state index contributed by atoms with van der Waals surface area (Å²) in [6, 6.07) is -0.279. The molecule has 1 unspecified atom stereocenters. The van der Waals surface area contributed by atoms with Crippen LogP contribution < -0.4 is 11.1 Å². The number of hydrogen-bond acceptors (Lipinski definition) is 3. The fourth-order valence-corrected chi connectivity index (χ4v) is 2.76. The van der Waals surface area contributed by atoms with Gasteiger partial charge in [-0.15, -0.1) is 0 Å². The maximum Gasteiger partial charge on any atom is 0.245 e. The second-order valence-corrected chi connectivity index (χ2v) is 5.03. The summed E-state index contributed by atoms with van der Waals surface area (Å²) in [5.41, 5.74) is 5.56. The van der Waals surface area contributed by atoms with Crippen molar-refractivity contribution in [3.8, 4) is 0 Å². The van der Waals surface area contributed by atoms with E-state index in [4.69, 9.17) is 5.73 Å². The molecule has 0 radical (unpaired) electrons. The Bertz CT molecular complexity index is 304. The van der Waals surface area contributed by atoms with Gasteiger partial charge in [-0.05, 0) is 38.1 Å². The van der Waals surface area contributed by atoms with E-state index in [1.165, 1.54) is 0 Å². The average Bonchev–Trinajstić information content (AvgIpc) is 2.76. The third-order valence-corrected chi connectivity index (χ3v) is 3.70. The zero-order valence-corrected chi connectivity index (χ0v) is 10.2. The lowest BCUT2D eigenvalue weighted by Gasteiger charge is -2.34. The van der Waals surface area contributed by atoms with Gasteiger partial charge < -0.3 is 16.0 Å². The first-order valence-electron chi connectivity index (χ1n) is 6.49.